The second kappa shape index (κ2) is 6.74. The summed E-state index contributed by atoms with van der Waals surface area (Å²) in [6, 6.07) is 8.33. The number of hydrogen-bond acceptors (Lipinski definition) is 2. The molecular weight excluding hydrogens is 266 g/mol. The lowest BCUT2D eigenvalue weighted by molar-refractivity contribution is -0.140. The van der Waals surface area contributed by atoms with Gasteiger partial charge < -0.3 is 10.4 Å². The van der Waals surface area contributed by atoms with E-state index in [-0.39, 0.29) is 12.3 Å². The Morgan fingerprint density at radius 1 is 1.24 bits per heavy atom. The molecule has 0 aromatic heterocycles. The number of hydrogen-bond donors (Lipinski definition) is 2. The SMILES string of the molecule is Cc1ccc(CCCC(=O)NC2(CC(=O)O)CCC2)cc1. The number of nitrogens with one attached hydrogen (secondary N) is 1. The third-order valence-electron chi connectivity index (χ3n) is 4.19. The molecule has 0 aliphatic heterocycles. The Balaban J connectivity index is 1.74. The Morgan fingerprint density at radius 2 is 1.90 bits per heavy atom. The summed E-state index contributed by atoms with van der Waals surface area (Å²) in [4.78, 5) is 22.8. The summed E-state index contributed by atoms with van der Waals surface area (Å²) in [5, 5.41) is 11.9. The number of carboxylic acid groups (broad SMARTS) is 1. The quantitative estimate of drug-likeness (QED) is 0.811. The van der Waals surface area contributed by atoms with Crippen molar-refractivity contribution in [2.24, 2.45) is 0 Å². The van der Waals surface area contributed by atoms with Crippen molar-refractivity contribution in [3.05, 3.63) is 35.4 Å². The number of aryl methyl sites for hydroxylation is 2. The third-order valence-corrected chi connectivity index (χ3v) is 4.19. The van der Waals surface area contributed by atoms with Crippen LogP contribution in [-0.4, -0.2) is 22.5 Å². The van der Waals surface area contributed by atoms with E-state index in [1.807, 2.05) is 0 Å². The normalized spacial score (nSPS) is 16.0. The van der Waals surface area contributed by atoms with Gasteiger partial charge in [0.1, 0.15) is 0 Å². The van der Waals surface area contributed by atoms with Gasteiger partial charge in [0.2, 0.25) is 5.91 Å². The number of rotatable bonds is 7. The van der Waals surface area contributed by atoms with Crippen molar-refractivity contribution in [2.45, 2.75) is 57.4 Å². The minimum atomic E-state index is -0.838. The average Bonchev–Trinajstić information content (AvgIpc) is 2.38. The van der Waals surface area contributed by atoms with Crippen molar-refractivity contribution < 1.29 is 14.7 Å². The summed E-state index contributed by atoms with van der Waals surface area (Å²) in [5.74, 6) is -0.863. The van der Waals surface area contributed by atoms with Crippen molar-refractivity contribution >= 4 is 11.9 Å². The molecule has 0 saturated heterocycles. The topological polar surface area (TPSA) is 66.4 Å². The molecule has 1 amide bonds. The molecule has 4 nitrogen and oxygen atoms in total. The van der Waals surface area contributed by atoms with Gasteiger partial charge in [0.05, 0.1) is 12.0 Å². The highest BCUT2D eigenvalue weighted by atomic mass is 16.4. The van der Waals surface area contributed by atoms with E-state index >= 15 is 0 Å². The summed E-state index contributed by atoms with van der Waals surface area (Å²) in [7, 11) is 0. The lowest BCUT2D eigenvalue weighted by Gasteiger charge is -2.41. The monoisotopic (exact) mass is 289 g/mol. The van der Waals surface area contributed by atoms with Crippen molar-refractivity contribution in [1.29, 1.82) is 0 Å². The minimum Gasteiger partial charge on any atom is -0.481 e. The molecule has 2 rings (SSSR count). The molecule has 1 fully saturated rings. The maximum absolute atomic E-state index is 12.0. The molecule has 0 unspecified atom stereocenters. The van der Waals surface area contributed by atoms with Gasteiger partial charge in [-0.25, -0.2) is 0 Å². The second-order valence-corrected chi connectivity index (χ2v) is 6.09. The fourth-order valence-electron chi connectivity index (χ4n) is 2.81. The Hall–Kier alpha value is -1.84. The number of carbonyl (C=O) groups is 2. The van der Waals surface area contributed by atoms with Gasteiger partial charge in [0.25, 0.3) is 0 Å². The van der Waals surface area contributed by atoms with Crippen LogP contribution in [0.15, 0.2) is 24.3 Å². The van der Waals surface area contributed by atoms with Crippen LogP contribution in [-0.2, 0) is 16.0 Å². The van der Waals surface area contributed by atoms with E-state index in [1.54, 1.807) is 0 Å². The van der Waals surface area contributed by atoms with Crippen LogP contribution in [0.2, 0.25) is 0 Å². The van der Waals surface area contributed by atoms with E-state index in [0.717, 1.165) is 32.1 Å². The highest BCUT2D eigenvalue weighted by Gasteiger charge is 2.40. The van der Waals surface area contributed by atoms with Crippen LogP contribution >= 0.6 is 0 Å². The lowest BCUT2D eigenvalue weighted by atomic mass is 9.74. The fourth-order valence-corrected chi connectivity index (χ4v) is 2.81. The molecule has 0 spiro atoms. The van der Waals surface area contributed by atoms with Gasteiger partial charge in [-0.05, 0) is 44.6 Å². The fraction of sp³-hybridized carbons (Fsp3) is 0.529. The second-order valence-electron chi connectivity index (χ2n) is 6.09. The summed E-state index contributed by atoms with van der Waals surface area (Å²) >= 11 is 0. The Morgan fingerprint density at radius 3 is 2.43 bits per heavy atom. The molecule has 2 N–H and O–H groups in total. The van der Waals surface area contributed by atoms with Crippen LogP contribution in [0.5, 0.6) is 0 Å². The Labute approximate surface area is 125 Å². The molecule has 1 aromatic carbocycles. The highest BCUT2D eigenvalue weighted by Crippen LogP contribution is 2.35. The molecule has 0 heterocycles. The highest BCUT2D eigenvalue weighted by molar-refractivity contribution is 5.78. The van der Waals surface area contributed by atoms with E-state index in [2.05, 4.69) is 36.5 Å². The van der Waals surface area contributed by atoms with Gasteiger partial charge in [-0.15, -0.1) is 0 Å². The first kappa shape index (κ1) is 15.5. The van der Waals surface area contributed by atoms with E-state index < -0.39 is 11.5 Å². The smallest absolute Gasteiger partial charge is 0.305 e. The molecule has 0 atom stereocenters. The number of carboxylic acids is 1. The summed E-state index contributed by atoms with van der Waals surface area (Å²) in [6.45, 7) is 2.05. The molecule has 1 saturated carbocycles. The van der Waals surface area contributed by atoms with Crippen molar-refractivity contribution in [3.63, 3.8) is 0 Å². The molecule has 1 aliphatic rings. The first-order chi connectivity index (χ1) is 9.99. The maximum Gasteiger partial charge on any atom is 0.305 e. The summed E-state index contributed by atoms with van der Waals surface area (Å²) in [6.07, 6.45) is 4.71. The predicted octanol–water partition coefficient (Wildman–Crippen LogP) is 2.83. The number of aliphatic carboxylic acids is 1. The van der Waals surface area contributed by atoms with Crippen LogP contribution in [0.25, 0.3) is 0 Å². The van der Waals surface area contributed by atoms with Gasteiger partial charge >= 0.3 is 5.97 Å². The largest absolute Gasteiger partial charge is 0.481 e. The first-order valence-electron chi connectivity index (χ1n) is 7.57. The zero-order valence-corrected chi connectivity index (χ0v) is 12.5. The average molecular weight is 289 g/mol. The van der Waals surface area contributed by atoms with Gasteiger partial charge in [-0.3, -0.25) is 9.59 Å². The standard InChI is InChI=1S/C17H23NO3/c1-13-6-8-14(9-7-13)4-2-5-15(19)18-17(10-3-11-17)12-16(20)21/h6-9H,2-5,10-12H2,1H3,(H,18,19)(H,20,21). The zero-order chi connectivity index (χ0) is 15.3. The number of amides is 1. The van der Waals surface area contributed by atoms with E-state index in [9.17, 15) is 9.59 Å². The molecule has 1 aromatic rings. The van der Waals surface area contributed by atoms with Crippen LogP contribution in [0.4, 0.5) is 0 Å². The lowest BCUT2D eigenvalue weighted by Crippen LogP contribution is -2.54. The van der Waals surface area contributed by atoms with E-state index in [4.69, 9.17) is 5.11 Å². The first-order valence-corrected chi connectivity index (χ1v) is 7.57. The van der Waals surface area contributed by atoms with Crippen LogP contribution in [0.1, 0.15) is 49.7 Å². The molecule has 1 aliphatic carbocycles. The molecule has 21 heavy (non-hydrogen) atoms. The van der Waals surface area contributed by atoms with Gasteiger partial charge in [-0.2, -0.15) is 0 Å². The van der Waals surface area contributed by atoms with Gasteiger partial charge in [0, 0.05) is 6.42 Å². The summed E-state index contributed by atoms with van der Waals surface area (Å²) < 4.78 is 0. The van der Waals surface area contributed by atoms with Crippen LogP contribution in [0, 0.1) is 6.92 Å². The zero-order valence-electron chi connectivity index (χ0n) is 12.5. The summed E-state index contributed by atoms with van der Waals surface area (Å²) in [5.41, 5.74) is 1.99. The number of carbonyl (C=O) groups excluding carboxylic acids is 1. The van der Waals surface area contributed by atoms with E-state index in [0.29, 0.717) is 6.42 Å². The van der Waals surface area contributed by atoms with Crippen LogP contribution in [0.3, 0.4) is 0 Å². The van der Waals surface area contributed by atoms with Gasteiger partial charge in [-0.1, -0.05) is 29.8 Å². The third kappa shape index (κ3) is 4.59. The van der Waals surface area contributed by atoms with Crippen LogP contribution < -0.4 is 5.32 Å². The Bertz CT molecular complexity index is 503. The van der Waals surface area contributed by atoms with Gasteiger partial charge in [0.15, 0.2) is 0 Å². The molecule has 114 valence electrons. The van der Waals surface area contributed by atoms with Crippen molar-refractivity contribution in [2.75, 3.05) is 0 Å². The molecule has 0 bridgehead atoms. The predicted molar refractivity (Wildman–Crippen MR) is 81.1 cm³/mol. The van der Waals surface area contributed by atoms with Crippen molar-refractivity contribution in [1.82, 2.24) is 5.32 Å². The number of benzene rings is 1. The maximum atomic E-state index is 12.0. The molecular formula is C17H23NO3. The molecule has 4 heteroatoms. The Kier molecular flexibility index (Phi) is 4.99. The van der Waals surface area contributed by atoms with E-state index in [1.165, 1.54) is 11.1 Å². The minimum absolute atomic E-state index is 0.0249. The van der Waals surface area contributed by atoms with Crippen molar-refractivity contribution in [3.8, 4) is 0 Å². The molecule has 0 radical (unpaired) electrons.